The van der Waals surface area contributed by atoms with E-state index in [0.29, 0.717) is 5.02 Å². The number of hydrogen-bond donors (Lipinski definition) is 1. The van der Waals surface area contributed by atoms with E-state index in [1.807, 2.05) is 0 Å². The molecule has 0 saturated heterocycles. The maximum absolute atomic E-state index is 13.4. The molecule has 1 N–H and O–H groups in total. The highest BCUT2D eigenvalue weighted by Gasteiger charge is 2.16. The number of nitro groups is 1. The summed E-state index contributed by atoms with van der Waals surface area (Å²) in [4.78, 5) is 21.5. The van der Waals surface area contributed by atoms with Crippen LogP contribution < -0.4 is 5.32 Å². The number of rotatable bonds is 4. The molecule has 2 aromatic rings. The zero-order chi connectivity index (χ0) is 15.4. The first-order chi connectivity index (χ1) is 9.97. The van der Waals surface area contributed by atoms with Gasteiger partial charge in [0.15, 0.2) is 0 Å². The minimum Gasteiger partial charge on any atom is -0.348 e. The minimum atomic E-state index is -1.04. The first-order valence-corrected chi connectivity index (χ1v) is 6.32. The fourth-order valence-electron chi connectivity index (χ4n) is 1.68. The van der Waals surface area contributed by atoms with Crippen LogP contribution in [0.2, 0.25) is 5.02 Å². The second-order valence-corrected chi connectivity index (χ2v) is 4.67. The van der Waals surface area contributed by atoms with Gasteiger partial charge in [0, 0.05) is 23.2 Å². The Hall–Kier alpha value is -2.47. The molecule has 0 bridgehead atoms. The van der Waals surface area contributed by atoms with E-state index in [0.717, 1.165) is 17.7 Å². The first kappa shape index (κ1) is 14.9. The lowest BCUT2D eigenvalue weighted by molar-refractivity contribution is -0.387. The van der Waals surface area contributed by atoms with Crippen LogP contribution in [-0.2, 0) is 6.54 Å². The topological polar surface area (TPSA) is 72.2 Å². The van der Waals surface area contributed by atoms with Crippen LogP contribution in [-0.4, -0.2) is 10.8 Å². The van der Waals surface area contributed by atoms with Crippen molar-refractivity contribution in [2.24, 2.45) is 0 Å². The van der Waals surface area contributed by atoms with Gasteiger partial charge in [-0.2, -0.15) is 4.39 Å². The predicted octanol–water partition coefficient (Wildman–Crippen LogP) is 3.32. The van der Waals surface area contributed by atoms with E-state index in [4.69, 9.17) is 11.6 Å². The molecular weight excluding hydrogens is 299 g/mol. The molecule has 0 radical (unpaired) electrons. The Morgan fingerprint density at radius 2 is 1.90 bits per heavy atom. The number of benzene rings is 2. The van der Waals surface area contributed by atoms with Crippen LogP contribution in [0.5, 0.6) is 0 Å². The summed E-state index contributed by atoms with van der Waals surface area (Å²) in [6.07, 6.45) is 0. The van der Waals surface area contributed by atoms with Crippen LogP contribution in [0.3, 0.4) is 0 Å². The summed E-state index contributed by atoms with van der Waals surface area (Å²) in [5, 5.41) is 13.7. The maximum atomic E-state index is 13.4. The molecule has 0 fully saturated rings. The van der Waals surface area contributed by atoms with E-state index < -0.39 is 22.3 Å². The van der Waals surface area contributed by atoms with Crippen molar-refractivity contribution in [3.63, 3.8) is 0 Å². The van der Waals surface area contributed by atoms with Crippen molar-refractivity contribution in [2.75, 3.05) is 0 Å². The molecule has 2 rings (SSSR count). The van der Waals surface area contributed by atoms with Crippen LogP contribution >= 0.6 is 11.6 Å². The Bertz CT molecular complexity index is 689. The number of carbonyl (C=O) groups excluding carboxylic acids is 1. The number of nitrogens with zero attached hydrogens (tertiary/aromatic N) is 1. The summed E-state index contributed by atoms with van der Waals surface area (Å²) in [5.41, 5.74) is 0.187. The van der Waals surface area contributed by atoms with Crippen LogP contribution in [0.4, 0.5) is 10.1 Å². The van der Waals surface area contributed by atoms with Gasteiger partial charge in [0.1, 0.15) is 0 Å². The molecule has 0 aliphatic carbocycles. The number of nitrogens with one attached hydrogen (secondary N) is 1. The molecule has 21 heavy (non-hydrogen) atoms. The molecule has 5 nitrogen and oxygen atoms in total. The molecular formula is C14H10ClFN2O3. The van der Waals surface area contributed by atoms with Crippen molar-refractivity contribution >= 4 is 23.2 Å². The fourth-order valence-corrected chi connectivity index (χ4v) is 1.81. The normalized spacial score (nSPS) is 10.2. The van der Waals surface area contributed by atoms with E-state index in [2.05, 4.69) is 5.32 Å². The van der Waals surface area contributed by atoms with E-state index in [1.54, 1.807) is 24.3 Å². The third-order valence-electron chi connectivity index (χ3n) is 2.77. The third-order valence-corrected chi connectivity index (χ3v) is 3.02. The summed E-state index contributed by atoms with van der Waals surface area (Å²) in [6.45, 7) is 0.245. The zero-order valence-electron chi connectivity index (χ0n) is 10.7. The maximum Gasteiger partial charge on any atom is 0.304 e. The van der Waals surface area contributed by atoms with Gasteiger partial charge < -0.3 is 5.32 Å². The largest absolute Gasteiger partial charge is 0.348 e. The Morgan fingerprint density at radius 1 is 1.24 bits per heavy atom. The van der Waals surface area contributed by atoms with Crippen LogP contribution in [0.25, 0.3) is 0 Å². The van der Waals surface area contributed by atoms with Gasteiger partial charge in [0.2, 0.25) is 5.82 Å². The van der Waals surface area contributed by atoms with E-state index in [1.165, 1.54) is 6.07 Å². The summed E-state index contributed by atoms with van der Waals surface area (Å²) in [6, 6.07) is 9.89. The average molecular weight is 309 g/mol. The smallest absolute Gasteiger partial charge is 0.304 e. The lowest BCUT2D eigenvalue weighted by Crippen LogP contribution is -2.22. The first-order valence-electron chi connectivity index (χ1n) is 5.94. The lowest BCUT2D eigenvalue weighted by atomic mass is 10.1. The molecule has 0 aromatic heterocycles. The minimum absolute atomic E-state index is 0.0204. The average Bonchev–Trinajstić information content (AvgIpc) is 2.45. The summed E-state index contributed by atoms with van der Waals surface area (Å²) in [7, 11) is 0. The highest BCUT2D eigenvalue weighted by Crippen LogP contribution is 2.18. The van der Waals surface area contributed by atoms with Gasteiger partial charge in [-0.1, -0.05) is 23.7 Å². The number of carbonyl (C=O) groups is 1. The van der Waals surface area contributed by atoms with Crippen molar-refractivity contribution < 1.29 is 14.1 Å². The summed E-state index contributed by atoms with van der Waals surface area (Å²) in [5.74, 6) is -1.56. The highest BCUT2D eigenvalue weighted by molar-refractivity contribution is 6.30. The highest BCUT2D eigenvalue weighted by atomic mass is 35.5. The van der Waals surface area contributed by atoms with Crippen molar-refractivity contribution in [3.8, 4) is 0 Å². The fraction of sp³-hybridized carbons (Fsp3) is 0.0714. The molecule has 0 aliphatic rings. The van der Waals surface area contributed by atoms with Crippen molar-refractivity contribution in [2.45, 2.75) is 6.54 Å². The molecule has 0 saturated carbocycles. The second-order valence-electron chi connectivity index (χ2n) is 4.23. The van der Waals surface area contributed by atoms with Gasteiger partial charge in [0.25, 0.3) is 5.91 Å². The van der Waals surface area contributed by atoms with Gasteiger partial charge in [-0.3, -0.25) is 14.9 Å². The molecule has 108 valence electrons. The Morgan fingerprint density at radius 3 is 2.48 bits per heavy atom. The zero-order valence-corrected chi connectivity index (χ0v) is 11.4. The number of hydrogen-bond acceptors (Lipinski definition) is 3. The standard InChI is InChI=1S/C14H10ClFN2O3/c15-11-4-1-9(2-5-11)8-17-14(19)10-3-6-13(18(20)21)12(16)7-10/h1-7H,8H2,(H,17,19). The van der Waals surface area contributed by atoms with Gasteiger partial charge in [0.05, 0.1) is 4.92 Å². The molecule has 0 unspecified atom stereocenters. The van der Waals surface area contributed by atoms with Crippen LogP contribution in [0.15, 0.2) is 42.5 Å². The summed E-state index contributed by atoms with van der Waals surface area (Å²) < 4.78 is 13.4. The van der Waals surface area contributed by atoms with Crippen LogP contribution in [0.1, 0.15) is 15.9 Å². The van der Waals surface area contributed by atoms with Crippen molar-refractivity contribution in [1.82, 2.24) is 5.32 Å². The van der Waals surface area contributed by atoms with E-state index in [9.17, 15) is 19.3 Å². The molecule has 0 aliphatic heterocycles. The Labute approximate surface area is 124 Å². The van der Waals surface area contributed by atoms with Crippen molar-refractivity contribution in [3.05, 3.63) is 74.5 Å². The Kier molecular flexibility index (Phi) is 4.49. The van der Waals surface area contributed by atoms with Gasteiger partial charge in [-0.25, -0.2) is 0 Å². The number of halogens is 2. The van der Waals surface area contributed by atoms with Crippen LogP contribution in [0, 0.1) is 15.9 Å². The SMILES string of the molecule is O=C(NCc1ccc(Cl)cc1)c1ccc([N+](=O)[O-])c(F)c1. The van der Waals surface area contributed by atoms with Crippen molar-refractivity contribution in [1.29, 1.82) is 0 Å². The third kappa shape index (κ3) is 3.76. The second kappa shape index (κ2) is 6.32. The lowest BCUT2D eigenvalue weighted by Gasteiger charge is -2.06. The molecule has 1 amide bonds. The molecule has 0 spiro atoms. The molecule has 2 aromatic carbocycles. The number of nitro benzene ring substituents is 1. The molecule has 0 atom stereocenters. The molecule has 0 heterocycles. The van der Waals surface area contributed by atoms with Gasteiger partial charge in [-0.05, 0) is 29.8 Å². The molecule has 7 heteroatoms. The number of amides is 1. The Balaban J connectivity index is 2.05. The van der Waals surface area contributed by atoms with E-state index >= 15 is 0 Å². The monoisotopic (exact) mass is 308 g/mol. The van der Waals surface area contributed by atoms with Gasteiger partial charge in [-0.15, -0.1) is 0 Å². The van der Waals surface area contributed by atoms with E-state index in [-0.39, 0.29) is 12.1 Å². The predicted molar refractivity (Wildman–Crippen MR) is 75.7 cm³/mol. The summed E-state index contributed by atoms with van der Waals surface area (Å²) >= 11 is 5.74. The quantitative estimate of drug-likeness (QED) is 0.695. The van der Waals surface area contributed by atoms with Gasteiger partial charge >= 0.3 is 5.69 Å².